The second-order valence-electron chi connectivity index (χ2n) is 9.68. The number of nitrogens with zero attached hydrogens (tertiary/aromatic N) is 4. The molecule has 4 aromatic rings. The average Bonchev–Trinajstić information content (AvgIpc) is 2.89. The number of aryl methyl sites for hydroxylation is 2. The van der Waals surface area contributed by atoms with Gasteiger partial charge in [0.25, 0.3) is 5.56 Å². The van der Waals surface area contributed by atoms with Crippen molar-refractivity contribution in [1.29, 1.82) is 0 Å². The summed E-state index contributed by atoms with van der Waals surface area (Å²) in [4.78, 5) is 38.1. The summed E-state index contributed by atoms with van der Waals surface area (Å²) >= 11 is 0. The summed E-state index contributed by atoms with van der Waals surface area (Å²) in [6.07, 6.45) is 3.28. The van der Waals surface area contributed by atoms with Crippen LogP contribution >= 0.6 is 0 Å². The number of hydrogen-bond donors (Lipinski definition) is 1. The van der Waals surface area contributed by atoms with Crippen LogP contribution in [0.2, 0.25) is 0 Å². The zero-order chi connectivity index (χ0) is 25.2. The molecule has 7 heteroatoms. The van der Waals surface area contributed by atoms with Crippen molar-refractivity contribution < 1.29 is 4.79 Å². The lowest BCUT2D eigenvalue weighted by Crippen LogP contribution is -2.44. The molecular formula is C29H31N5O2. The molecule has 5 rings (SSSR count). The molecule has 1 aliphatic heterocycles. The minimum Gasteiger partial charge on any atom is -0.351 e. The molecule has 1 amide bonds. The normalized spacial score (nSPS) is 15.8. The molecule has 0 saturated carbocycles. The second kappa shape index (κ2) is 9.93. The highest BCUT2D eigenvalue weighted by atomic mass is 16.2. The predicted molar refractivity (Wildman–Crippen MR) is 144 cm³/mol. The van der Waals surface area contributed by atoms with Crippen molar-refractivity contribution >= 4 is 28.6 Å². The minimum absolute atomic E-state index is 0.0177. The molecule has 1 saturated heterocycles. The van der Waals surface area contributed by atoms with Crippen molar-refractivity contribution in [2.75, 3.05) is 23.3 Å². The van der Waals surface area contributed by atoms with Crippen LogP contribution in [0.25, 0.3) is 11.2 Å². The first-order chi connectivity index (χ1) is 17.4. The molecule has 7 nitrogen and oxygen atoms in total. The van der Waals surface area contributed by atoms with Crippen LogP contribution in [0.4, 0.5) is 11.5 Å². The number of fused-ring (bicyclic) bond motifs is 1. The zero-order valence-corrected chi connectivity index (χ0v) is 21.0. The van der Waals surface area contributed by atoms with Gasteiger partial charge in [0, 0.05) is 25.0 Å². The quantitative estimate of drug-likeness (QED) is 0.450. The lowest BCUT2D eigenvalue weighted by atomic mass is 9.96. The number of carbonyl (C=O) groups is 1. The molecule has 184 valence electrons. The fourth-order valence-electron chi connectivity index (χ4n) is 4.80. The first kappa shape index (κ1) is 23.7. The molecule has 1 fully saturated rings. The van der Waals surface area contributed by atoms with E-state index in [9.17, 15) is 9.59 Å². The van der Waals surface area contributed by atoms with E-state index in [1.807, 2.05) is 80.3 Å². The number of anilines is 2. The molecule has 1 aliphatic rings. The van der Waals surface area contributed by atoms with Crippen LogP contribution in [0, 0.1) is 26.7 Å². The van der Waals surface area contributed by atoms with Crippen LogP contribution in [0.1, 0.15) is 35.1 Å². The van der Waals surface area contributed by atoms with Gasteiger partial charge in [-0.05, 0) is 68.5 Å². The molecule has 0 bridgehead atoms. The number of benzene rings is 2. The van der Waals surface area contributed by atoms with Crippen molar-refractivity contribution in [3.8, 4) is 0 Å². The van der Waals surface area contributed by atoms with E-state index in [4.69, 9.17) is 4.98 Å². The van der Waals surface area contributed by atoms with Crippen molar-refractivity contribution in [2.24, 2.45) is 5.92 Å². The summed E-state index contributed by atoms with van der Waals surface area (Å²) in [7, 11) is 0. The Labute approximate surface area is 210 Å². The lowest BCUT2D eigenvalue weighted by Gasteiger charge is -2.33. The lowest BCUT2D eigenvalue weighted by molar-refractivity contribution is -0.120. The Morgan fingerprint density at radius 3 is 2.67 bits per heavy atom. The van der Waals surface area contributed by atoms with Crippen LogP contribution in [-0.4, -0.2) is 33.5 Å². The number of carbonyl (C=O) groups excluding carboxylic acids is 1. The summed E-state index contributed by atoms with van der Waals surface area (Å²) in [6, 6.07) is 17.8. The third-order valence-electron chi connectivity index (χ3n) is 7.10. The second-order valence-corrected chi connectivity index (χ2v) is 9.68. The number of pyridine rings is 1. The van der Waals surface area contributed by atoms with E-state index in [0.29, 0.717) is 36.6 Å². The molecule has 1 atom stereocenters. The smallest absolute Gasteiger partial charge is 0.295 e. The van der Waals surface area contributed by atoms with Gasteiger partial charge < -0.3 is 10.2 Å². The number of amides is 1. The van der Waals surface area contributed by atoms with Gasteiger partial charge in [-0.15, -0.1) is 0 Å². The van der Waals surface area contributed by atoms with Crippen molar-refractivity contribution in [1.82, 2.24) is 14.5 Å². The van der Waals surface area contributed by atoms with E-state index in [0.717, 1.165) is 35.2 Å². The molecule has 0 spiro atoms. The van der Waals surface area contributed by atoms with Crippen molar-refractivity contribution in [2.45, 2.75) is 40.2 Å². The highest BCUT2D eigenvalue weighted by Crippen LogP contribution is 2.24. The molecule has 2 aromatic heterocycles. The summed E-state index contributed by atoms with van der Waals surface area (Å²) < 4.78 is 1.70. The summed E-state index contributed by atoms with van der Waals surface area (Å²) in [6.45, 7) is 7.64. The SMILES string of the molecule is Cc1ccc(Cn2c(=O)c(N3CCC[C@@H](C(=O)Nc4cccc(C)c4C)C3)nc3cccnc32)cc1. The molecule has 2 aromatic carbocycles. The van der Waals surface area contributed by atoms with Gasteiger partial charge in [-0.25, -0.2) is 9.97 Å². The predicted octanol–water partition coefficient (Wildman–Crippen LogP) is 4.62. The van der Waals surface area contributed by atoms with E-state index in [2.05, 4.69) is 10.3 Å². The topological polar surface area (TPSA) is 80.1 Å². The monoisotopic (exact) mass is 481 g/mol. The van der Waals surface area contributed by atoms with Crippen molar-refractivity contribution in [3.05, 3.63) is 93.4 Å². The average molecular weight is 482 g/mol. The first-order valence-corrected chi connectivity index (χ1v) is 12.4. The third-order valence-corrected chi connectivity index (χ3v) is 7.10. The Bertz CT molecular complexity index is 1480. The van der Waals surface area contributed by atoms with E-state index in [-0.39, 0.29) is 17.4 Å². The number of piperidine rings is 1. The van der Waals surface area contributed by atoms with Crippen LogP contribution < -0.4 is 15.8 Å². The Balaban J connectivity index is 1.44. The Kier molecular flexibility index (Phi) is 6.55. The zero-order valence-electron chi connectivity index (χ0n) is 21.0. The molecule has 1 N–H and O–H groups in total. The third kappa shape index (κ3) is 4.73. The van der Waals surface area contributed by atoms with Crippen LogP contribution in [0.3, 0.4) is 0 Å². The van der Waals surface area contributed by atoms with Gasteiger partial charge in [-0.3, -0.25) is 14.2 Å². The Morgan fingerprint density at radius 1 is 1.06 bits per heavy atom. The molecule has 0 unspecified atom stereocenters. The number of aromatic nitrogens is 3. The van der Waals surface area contributed by atoms with Crippen LogP contribution in [-0.2, 0) is 11.3 Å². The fourth-order valence-corrected chi connectivity index (χ4v) is 4.80. The van der Waals surface area contributed by atoms with E-state index in [1.165, 1.54) is 5.56 Å². The van der Waals surface area contributed by atoms with Gasteiger partial charge in [0.05, 0.1) is 12.5 Å². The molecule has 3 heterocycles. The van der Waals surface area contributed by atoms with Crippen molar-refractivity contribution in [3.63, 3.8) is 0 Å². The standard InChI is InChI=1S/C29H31N5O2/c1-19-11-13-22(14-12-19)17-34-26-25(10-5-15-30-26)31-27(29(34)36)33-16-6-8-23(18-33)28(35)32-24-9-4-7-20(2)21(24)3/h4-5,7,9-15,23H,6,8,16-18H2,1-3H3,(H,32,35)/t23-/m1/s1. The summed E-state index contributed by atoms with van der Waals surface area (Å²) in [5, 5.41) is 3.11. The van der Waals surface area contributed by atoms with Gasteiger partial charge in [0.15, 0.2) is 11.5 Å². The molecule has 0 aliphatic carbocycles. The molecular weight excluding hydrogens is 450 g/mol. The highest BCUT2D eigenvalue weighted by molar-refractivity contribution is 5.94. The molecule has 36 heavy (non-hydrogen) atoms. The summed E-state index contributed by atoms with van der Waals surface area (Å²) in [5.41, 5.74) is 6.29. The number of rotatable bonds is 5. The largest absolute Gasteiger partial charge is 0.351 e. The van der Waals surface area contributed by atoms with Gasteiger partial charge in [0.1, 0.15) is 5.52 Å². The van der Waals surface area contributed by atoms with E-state index < -0.39 is 0 Å². The maximum Gasteiger partial charge on any atom is 0.295 e. The number of nitrogens with one attached hydrogen (secondary N) is 1. The van der Waals surface area contributed by atoms with E-state index in [1.54, 1.807) is 10.8 Å². The Morgan fingerprint density at radius 2 is 1.86 bits per heavy atom. The van der Waals surface area contributed by atoms with Gasteiger partial charge in [-0.2, -0.15) is 0 Å². The fraction of sp³-hybridized carbons (Fsp3) is 0.310. The molecule has 0 radical (unpaired) electrons. The minimum atomic E-state index is -0.227. The first-order valence-electron chi connectivity index (χ1n) is 12.4. The summed E-state index contributed by atoms with van der Waals surface area (Å²) in [5.74, 6) is 0.137. The highest BCUT2D eigenvalue weighted by Gasteiger charge is 2.29. The maximum atomic E-state index is 13.7. The number of hydrogen-bond acceptors (Lipinski definition) is 5. The van der Waals surface area contributed by atoms with Gasteiger partial charge in [0.2, 0.25) is 5.91 Å². The maximum absolute atomic E-state index is 13.7. The Hall–Kier alpha value is -4.00. The van der Waals surface area contributed by atoms with E-state index >= 15 is 0 Å². The van der Waals surface area contributed by atoms with Gasteiger partial charge >= 0.3 is 0 Å². The van der Waals surface area contributed by atoms with Crippen LogP contribution in [0.5, 0.6) is 0 Å². The van der Waals surface area contributed by atoms with Gasteiger partial charge in [-0.1, -0.05) is 42.0 Å². The van der Waals surface area contributed by atoms with Crippen LogP contribution in [0.15, 0.2) is 65.6 Å².